The van der Waals surface area contributed by atoms with Crippen LogP contribution in [0.3, 0.4) is 0 Å². The average Bonchev–Trinajstić information content (AvgIpc) is 2.60. The maximum absolute atomic E-state index is 11.7. The maximum atomic E-state index is 11.7. The monoisotopic (exact) mass is 419 g/mol. The molecule has 0 heterocycles. The van der Waals surface area contributed by atoms with E-state index in [0.717, 1.165) is 12.1 Å². The number of benzene rings is 2. The Balaban J connectivity index is 1.98. The van der Waals surface area contributed by atoms with Crippen LogP contribution in [-0.2, 0) is 15.4 Å². The fraction of sp³-hybridized carbons (Fsp3) is 0.381. The molecule has 28 heavy (non-hydrogen) atoms. The number of anilines is 2. The standard InChI is InChI=1S/C21H29N3O2S2/c1-16(15-21(2,3)17-10-7-6-8-11-17)22-20(27)23-18-12-9-13-19(14-18)24(4)28(5,25)26/h6-14,16H,15H2,1-5H3,(H2,22,23,27)/t16-/m0/s1. The lowest BCUT2D eigenvalue weighted by molar-refractivity contribution is 0.420. The van der Waals surface area contributed by atoms with Gasteiger partial charge in [-0.2, -0.15) is 0 Å². The van der Waals surface area contributed by atoms with Gasteiger partial charge < -0.3 is 10.6 Å². The van der Waals surface area contributed by atoms with Crippen LogP contribution in [0.15, 0.2) is 54.6 Å². The molecule has 0 fully saturated rings. The number of rotatable bonds is 7. The summed E-state index contributed by atoms with van der Waals surface area (Å²) in [6, 6.07) is 17.7. The predicted octanol–water partition coefficient (Wildman–Crippen LogP) is 4.13. The van der Waals surface area contributed by atoms with Crippen molar-refractivity contribution < 1.29 is 8.42 Å². The van der Waals surface area contributed by atoms with Crippen LogP contribution in [0.25, 0.3) is 0 Å². The van der Waals surface area contributed by atoms with Crippen molar-refractivity contribution in [3.05, 3.63) is 60.2 Å². The van der Waals surface area contributed by atoms with Crippen molar-refractivity contribution in [3.8, 4) is 0 Å². The molecule has 2 aromatic carbocycles. The molecule has 0 aliphatic carbocycles. The Morgan fingerprint density at radius 3 is 2.39 bits per heavy atom. The minimum absolute atomic E-state index is 0.0153. The van der Waals surface area contributed by atoms with Crippen LogP contribution in [0.4, 0.5) is 11.4 Å². The normalized spacial score (nSPS) is 12.9. The van der Waals surface area contributed by atoms with Crippen molar-refractivity contribution in [2.45, 2.75) is 38.6 Å². The first kappa shape index (κ1) is 22.2. The molecular weight excluding hydrogens is 390 g/mol. The Morgan fingerprint density at radius 1 is 1.14 bits per heavy atom. The lowest BCUT2D eigenvalue weighted by Gasteiger charge is -2.29. The van der Waals surface area contributed by atoms with Crippen LogP contribution >= 0.6 is 12.2 Å². The molecule has 0 aliphatic rings. The van der Waals surface area contributed by atoms with E-state index in [1.807, 2.05) is 12.1 Å². The number of thiocarbonyl (C=S) groups is 1. The zero-order chi connectivity index (χ0) is 20.9. The van der Waals surface area contributed by atoms with Crippen LogP contribution < -0.4 is 14.9 Å². The molecule has 5 nitrogen and oxygen atoms in total. The van der Waals surface area contributed by atoms with E-state index >= 15 is 0 Å². The van der Waals surface area contributed by atoms with Crippen molar-refractivity contribution in [3.63, 3.8) is 0 Å². The Labute approximate surface area is 174 Å². The van der Waals surface area contributed by atoms with Gasteiger partial charge in [-0.15, -0.1) is 0 Å². The summed E-state index contributed by atoms with van der Waals surface area (Å²) in [5, 5.41) is 6.98. The highest BCUT2D eigenvalue weighted by atomic mass is 32.2. The molecule has 0 saturated carbocycles. The van der Waals surface area contributed by atoms with Crippen molar-refractivity contribution in [2.75, 3.05) is 22.9 Å². The van der Waals surface area contributed by atoms with Gasteiger partial charge in [-0.1, -0.05) is 50.2 Å². The Hall–Kier alpha value is -2.12. The molecule has 0 amide bonds. The van der Waals surface area contributed by atoms with E-state index < -0.39 is 10.0 Å². The fourth-order valence-electron chi connectivity index (χ4n) is 3.19. The van der Waals surface area contributed by atoms with Gasteiger partial charge in [0, 0.05) is 18.8 Å². The topological polar surface area (TPSA) is 61.4 Å². The molecule has 1 atom stereocenters. The maximum Gasteiger partial charge on any atom is 0.231 e. The molecular formula is C21H29N3O2S2. The molecule has 0 aliphatic heterocycles. The first-order valence-electron chi connectivity index (χ1n) is 9.16. The van der Waals surface area contributed by atoms with Gasteiger partial charge in [-0.25, -0.2) is 8.42 Å². The summed E-state index contributed by atoms with van der Waals surface area (Å²) in [4.78, 5) is 0. The molecule has 0 saturated heterocycles. The van der Waals surface area contributed by atoms with Crippen molar-refractivity contribution in [2.24, 2.45) is 0 Å². The SMILES string of the molecule is C[C@@H](CC(C)(C)c1ccccc1)NC(=S)Nc1cccc(N(C)S(C)(=O)=O)c1. The number of nitrogens with one attached hydrogen (secondary N) is 2. The summed E-state index contributed by atoms with van der Waals surface area (Å²) in [5.74, 6) is 0. The first-order chi connectivity index (χ1) is 13.0. The van der Waals surface area contributed by atoms with Crippen molar-refractivity contribution in [1.82, 2.24) is 5.32 Å². The van der Waals surface area contributed by atoms with Crippen LogP contribution in [0.1, 0.15) is 32.8 Å². The Kier molecular flexibility index (Phi) is 7.06. The Bertz CT molecular complexity index is 912. The minimum Gasteiger partial charge on any atom is -0.360 e. The van der Waals surface area contributed by atoms with E-state index in [-0.39, 0.29) is 11.5 Å². The largest absolute Gasteiger partial charge is 0.360 e. The second-order valence-electron chi connectivity index (χ2n) is 7.73. The zero-order valence-corrected chi connectivity index (χ0v) is 18.7. The van der Waals surface area contributed by atoms with Gasteiger partial charge in [0.25, 0.3) is 0 Å². The average molecular weight is 420 g/mol. The van der Waals surface area contributed by atoms with Gasteiger partial charge in [0.15, 0.2) is 5.11 Å². The number of nitrogens with zero attached hydrogens (tertiary/aromatic N) is 1. The smallest absolute Gasteiger partial charge is 0.231 e. The molecule has 0 aromatic heterocycles. The summed E-state index contributed by atoms with van der Waals surface area (Å²) >= 11 is 5.45. The van der Waals surface area contributed by atoms with Gasteiger partial charge in [0.05, 0.1) is 11.9 Å². The van der Waals surface area contributed by atoms with E-state index in [9.17, 15) is 8.42 Å². The number of hydrogen-bond donors (Lipinski definition) is 2. The lowest BCUT2D eigenvalue weighted by atomic mass is 9.79. The van der Waals surface area contributed by atoms with E-state index in [4.69, 9.17) is 12.2 Å². The minimum atomic E-state index is -3.31. The highest BCUT2D eigenvalue weighted by molar-refractivity contribution is 7.92. The quantitative estimate of drug-likeness (QED) is 0.661. The Morgan fingerprint density at radius 2 is 1.79 bits per heavy atom. The third-order valence-electron chi connectivity index (χ3n) is 4.71. The number of sulfonamides is 1. The van der Waals surface area contributed by atoms with E-state index in [2.05, 4.69) is 55.7 Å². The van der Waals surface area contributed by atoms with Crippen LogP contribution in [-0.4, -0.2) is 32.9 Å². The molecule has 2 N–H and O–H groups in total. The predicted molar refractivity (Wildman–Crippen MR) is 123 cm³/mol. The second-order valence-corrected chi connectivity index (χ2v) is 10.2. The molecule has 2 rings (SSSR count). The van der Waals surface area contributed by atoms with Gasteiger partial charge in [-0.3, -0.25) is 4.31 Å². The summed E-state index contributed by atoms with van der Waals surface area (Å²) < 4.78 is 24.7. The van der Waals surface area contributed by atoms with Crippen molar-refractivity contribution >= 4 is 38.7 Å². The molecule has 7 heteroatoms. The number of hydrogen-bond acceptors (Lipinski definition) is 3. The molecule has 0 spiro atoms. The zero-order valence-electron chi connectivity index (χ0n) is 17.1. The molecule has 2 aromatic rings. The van der Waals surface area contributed by atoms with Gasteiger partial charge in [0.1, 0.15) is 0 Å². The van der Waals surface area contributed by atoms with E-state index in [0.29, 0.717) is 10.8 Å². The summed E-state index contributed by atoms with van der Waals surface area (Å²) in [6.45, 7) is 6.55. The lowest BCUT2D eigenvalue weighted by Crippen LogP contribution is -2.39. The van der Waals surface area contributed by atoms with Gasteiger partial charge in [-0.05, 0) is 54.7 Å². The van der Waals surface area contributed by atoms with Crippen LogP contribution in [0.5, 0.6) is 0 Å². The third-order valence-corrected chi connectivity index (χ3v) is 6.14. The first-order valence-corrected chi connectivity index (χ1v) is 11.4. The van der Waals surface area contributed by atoms with Crippen LogP contribution in [0, 0.1) is 0 Å². The molecule has 0 bridgehead atoms. The molecule has 0 unspecified atom stereocenters. The van der Waals surface area contributed by atoms with Crippen molar-refractivity contribution in [1.29, 1.82) is 0 Å². The van der Waals surface area contributed by atoms with E-state index in [1.165, 1.54) is 23.2 Å². The molecule has 152 valence electrons. The van der Waals surface area contributed by atoms with Crippen LogP contribution in [0.2, 0.25) is 0 Å². The van der Waals surface area contributed by atoms with Gasteiger partial charge in [0.2, 0.25) is 10.0 Å². The summed E-state index contributed by atoms with van der Waals surface area (Å²) in [6.07, 6.45) is 2.09. The summed E-state index contributed by atoms with van der Waals surface area (Å²) in [5.41, 5.74) is 2.62. The second kappa shape index (κ2) is 8.92. The molecule has 0 radical (unpaired) electrons. The highest BCUT2D eigenvalue weighted by Crippen LogP contribution is 2.28. The fourth-order valence-corrected chi connectivity index (χ4v) is 4.00. The van der Waals surface area contributed by atoms with Gasteiger partial charge >= 0.3 is 0 Å². The highest BCUT2D eigenvalue weighted by Gasteiger charge is 2.23. The van der Waals surface area contributed by atoms with E-state index in [1.54, 1.807) is 18.2 Å². The summed E-state index contributed by atoms with van der Waals surface area (Å²) in [7, 11) is -1.78. The third kappa shape index (κ3) is 6.21.